The number of unbranched alkanes of at least 4 members (excludes halogenated alkanes) is 3. The molecule has 1 N–H and O–H groups in total. The van der Waals surface area contributed by atoms with Gasteiger partial charge in [-0.2, -0.15) is 4.57 Å². The Labute approximate surface area is 187 Å². The zero-order valence-electron chi connectivity index (χ0n) is 15.4. The van der Waals surface area contributed by atoms with Gasteiger partial charge in [0.1, 0.15) is 18.1 Å². The summed E-state index contributed by atoms with van der Waals surface area (Å²) in [7, 11) is 0. The van der Waals surface area contributed by atoms with Crippen LogP contribution in [0.15, 0.2) is 54.9 Å². The number of nitrogens with one attached hydrogen (secondary N) is 1. The van der Waals surface area contributed by atoms with E-state index in [1.165, 1.54) is 65.9 Å². The van der Waals surface area contributed by atoms with Gasteiger partial charge in [-0.25, -0.2) is 4.98 Å². The lowest BCUT2D eigenvalue weighted by Gasteiger charge is -2.10. The molecule has 0 radical (unpaired) electrons. The van der Waals surface area contributed by atoms with E-state index in [0.717, 1.165) is 6.42 Å². The van der Waals surface area contributed by atoms with Crippen molar-refractivity contribution in [3.05, 3.63) is 67.8 Å². The minimum atomic E-state index is 1.09. The summed E-state index contributed by atoms with van der Waals surface area (Å²) in [6.45, 7) is 2.26. The number of aryl methyl sites for hydroxylation is 1. The Morgan fingerprint density at radius 2 is 1.67 bits per heavy atom. The maximum Gasteiger partial charge on any atom is 0.259 e. The van der Waals surface area contributed by atoms with Crippen molar-refractivity contribution >= 4 is 66.7 Å². The first-order valence-electron chi connectivity index (χ1n) is 9.58. The standard InChI is InChI=1S/C23H22I2N2/c1-2-3-4-5-10-21-26-11-12-27(21)20-15-18-13-16-8-6-7-9-17(16)14-19(18)22(24)23(20)25/h6-9,11-15H,2-5,10H2,1H3/p+1. The van der Waals surface area contributed by atoms with Gasteiger partial charge < -0.3 is 0 Å². The van der Waals surface area contributed by atoms with Gasteiger partial charge in [-0.15, -0.1) is 0 Å². The zero-order valence-corrected chi connectivity index (χ0v) is 19.7. The van der Waals surface area contributed by atoms with Crippen LogP contribution in [0.3, 0.4) is 0 Å². The number of halogens is 2. The van der Waals surface area contributed by atoms with Crippen LogP contribution in [0.5, 0.6) is 0 Å². The third-order valence-electron chi connectivity index (χ3n) is 5.16. The fraction of sp³-hybridized carbons (Fsp3) is 0.261. The van der Waals surface area contributed by atoms with E-state index in [4.69, 9.17) is 0 Å². The number of nitrogens with zero attached hydrogens (tertiary/aromatic N) is 1. The number of aromatic nitrogens is 2. The second-order valence-electron chi connectivity index (χ2n) is 7.03. The lowest BCUT2D eigenvalue weighted by molar-refractivity contribution is -0.603. The molecule has 4 rings (SSSR count). The van der Waals surface area contributed by atoms with Crippen LogP contribution in [0.1, 0.15) is 38.4 Å². The average molecular weight is 581 g/mol. The molecule has 0 aliphatic carbocycles. The summed E-state index contributed by atoms with van der Waals surface area (Å²) in [6, 6.07) is 15.6. The average Bonchev–Trinajstić information content (AvgIpc) is 3.15. The molecule has 0 saturated carbocycles. The Morgan fingerprint density at radius 3 is 2.44 bits per heavy atom. The third-order valence-corrected chi connectivity index (χ3v) is 8.40. The van der Waals surface area contributed by atoms with Crippen LogP contribution in [0.2, 0.25) is 0 Å². The number of hydrogen-bond acceptors (Lipinski definition) is 0. The maximum absolute atomic E-state index is 3.46. The van der Waals surface area contributed by atoms with Gasteiger partial charge in [0.2, 0.25) is 0 Å². The van der Waals surface area contributed by atoms with Crippen LogP contribution in [0, 0.1) is 7.14 Å². The van der Waals surface area contributed by atoms with Gasteiger partial charge in [0.15, 0.2) is 0 Å². The predicted octanol–water partition coefficient (Wildman–Crippen LogP) is 6.93. The highest BCUT2D eigenvalue weighted by molar-refractivity contribution is 14.1. The summed E-state index contributed by atoms with van der Waals surface area (Å²) >= 11 is 5.01. The Bertz CT molecular complexity index is 1100. The number of hydrogen-bond donors (Lipinski definition) is 1. The van der Waals surface area contributed by atoms with E-state index in [0.29, 0.717) is 0 Å². The van der Waals surface area contributed by atoms with Gasteiger partial charge in [0.25, 0.3) is 5.82 Å². The van der Waals surface area contributed by atoms with Gasteiger partial charge in [0.05, 0.1) is 3.57 Å². The highest BCUT2D eigenvalue weighted by Crippen LogP contribution is 2.32. The molecule has 4 heteroatoms. The quantitative estimate of drug-likeness (QED) is 0.110. The highest BCUT2D eigenvalue weighted by Gasteiger charge is 2.19. The summed E-state index contributed by atoms with van der Waals surface area (Å²) in [4.78, 5) is 3.46. The van der Waals surface area contributed by atoms with E-state index in [1.54, 1.807) is 0 Å². The summed E-state index contributed by atoms with van der Waals surface area (Å²) in [5, 5.41) is 5.24. The molecule has 3 aromatic carbocycles. The summed E-state index contributed by atoms with van der Waals surface area (Å²) in [5.41, 5.74) is 1.27. The van der Waals surface area contributed by atoms with Crippen molar-refractivity contribution in [2.45, 2.75) is 39.0 Å². The largest absolute Gasteiger partial charge is 0.259 e. The lowest BCUT2D eigenvalue weighted by atomic mass is 10.0. The van der Waals surface area contributed by atoms with Crippen LogP contribution >= 0.6 is 45.2 Å². The fourth-order valence-corrected chi connectivity index (χ4v) is 5.14. The molecule has 0 saturated heterocycles. The number of fused-ring (bicyclic) bond motifs is 2. The molecule has 0 spiro atoms. The molecule has 0 bridgehead atoms. The van der Waals surface area contributed by atoms with Crippen molar-refractivity contribution in [3.8, 4) is 5.69 Å². The minimum absolute atomic E-state index is 1.09. The molecule has 0 aliphatic heterocycles. The molecular weight excluding hydrogens is 558 g/mol. The molecule has 0 unspecified atom stereocenters. The van der Waals surface area contributed by atoms with Crippen molar-refractivity contribution in [1.82, 2.24) is 4.98 Å². The maximum atomic E-state index is 3.46. The van der Waals surface area contributed by atoms with Gasteiger partial charge >= 0.3 is 0 Å². The Kier molecular flexibility index (Phi) is 6.02. The van der Waals surface area contributed by atoms with E-state index in [1.807, 2.05) is 0 Å². The molecule has 0 atom stereocenters. The molecule has 27 heavy (non-hydrogen) atoms. The van der Waals surface area contributed by atoms with Crippen molar-refractivity contribution in [2.24, 2.45) is 0 Å². The first-order chi connectivity index (χ1) is 13.2. The first kappa shape index (κ1) is 19.2. The molecule has 0 amide bonds. The van der Waals surface area contributed by atoms with Crippen LogP contribution in [0.4, 0.5) is 0 Å². The summed E-state index contributed by atoms with van der Waals surface area (Å²) in [5.74, 6) is 1.29. The first-order valence-corrected chi connectivity index (χ1v) is 11.7. The lowest BCUT2D eigenvalue weighted by Crippen LogP contribution is -2.34. The number of rotatable bonds is 6. The number of H-pyrrole nitrogens is 1. The van der Waals surface area contributed by atoms with E-state index >= 15 is 0 Å². The molecule has 1 heterocycles. The Balaban J connectivity index is 1.80. The minimum Gasteiger partial charge on any atom is -0.247 e. The fourth-order valence-electron chi connectivity index (χ4n) is 3.69. The number of aromatic amines is 1. The van der Waals surface area contributed by atoms with Gasteiger partial charge in [-0.05, 0) is 91.3 Å². The van der Waals surface area contributed by atoms with Crippen LogP contribution in [-0.2, 0) is 6.42 Å². The number of imidazole rings is 1. The molecule has 2 nitrogen and oxygen atoms in total. The molecule has 1 aromatic heterocycles. The molecular formula is C23H23I2N2+. The second kappa shape index (κ2) is 8.47. The Hall–Kier alpha value is -1.15. The molecule has 138 valence electrons. The van der Waals surface area contributed by atoms with Crippen LogP contribution < -0.4 is 4.57 Å². The van der Waals surface area contributed by atoms with E-state index in [-0.39, 0.29) is 0 Å². The van der Waals surface area contributed by atoms with E-state index < -0.39 is 0 Å². The Morgan fingerprint density at radius 1 is 0.889 bits per heavy atom. The SMILES string of the molecule is CCCCCCc1[nH]cc[n+]1-c1cc2cc3ccccc3cc2c(I)c1I. The van der Waals surface area contributed by atoms with Crippen LogP contribution in [0.25, 0.3) is 27.2 Å². The molecule has 0 fully saturated rings. The van der Waals surface area contributed by atoms with Crippen molar-refractivity contribution in [3.63, 3.8) is 0 Å². The summed E-state index contributed by atoms with van der Waals surface area (Å²) < 4.78 is 4.98. The van der Waals surface area contributed by atoms with Gasteiger partial charge in [-0.1, -0.05) is 50.5 Å². The summed E-state index contributed by atoms with van der Waals surface area (Å²) in [6.07, 6.45) is 10.4. The normalized spacial score (nSPS) is 11.5. The zero-order chi connectivity index (χ0) is 18.8. The monoisotopic (exact) mass is 581 g/mol. The third kappa shape index (κ3) is 3.88. The van der Waals surface area contributed by atoms with Gasteiger partial charge in [0, 0.05) is 9.99 Å². The van der Waals surface area contributed by atoms with Crippen LogP contribution in [-0.4, -0.2) is 4.98 Å². The van der Waals surface area contributed by atoms with E-state index in [2.05, 4.69) is 117 Å². The number of benzene rings is 3. The van der Waals surface area contributed by atoms with E-state index in [9.17, 15) is 0 Å². The van der Waals surface area contributed by atoms with Crippen molar-refractivity contribution in [1.29, 1.82) is 0 Å². The van der Waals surface area contributed by atoms with Crippen molar-refractivity contribution < 1.29 is 4.57 Å². The molecule has 4 aromatic rings. The highest BCUT2D eigenvalue weighted by atomic mass is 127. The smallest absolute Gasteiger partial charge is 0.247 e. The van der Waals surface area contributed by atoms with Gasteiger partial charge in [-0.3, -0.25) is 0 Å². The van der Waals surface area contributed by atoms with Crippen molar-refractivity contribution in [2.75, 3.05) is 0 Å². The molecule has 0 aliphatic rings. The predicted molar refractivity (Wildman–Crippen MR) is 131 cm³/mol. The topological polar surface area (TPSA) is 19.7 Å². The second-order valence-corrected chi connectivity index (χ2v) is 9.19.